The lowest BCUT2D eigenvalue weighted by atomic mass is 10.2. The summed E-state index contributed by atoms with van der Waals surface area (Å²) < 4.78 is 15.8. The van der Waals surface area contributed by atoms with Gasteiger partial charge in [0.15, 0.2) is 12.4 Å². The van der Waals surface area contributed by atoms with Gasteiger partial charge >= 0.3 is 0 Å². The van der Waals surface area contributed by atoms with E-state index in [-0.39, 0.29) is 6.61 Å². The zero-order valence-electron chi connectivity index (χ0n) is 10.7. The number of rotatable bonds is 5. The van der Waals surface area contributed by atoms with E-state index < -0.39 is 0 Å². The van der Waals surface area contributed by atoms with Crippen molar-refractivity contribution in [3.63, 3.8) is 0 Å². The van der Waals surface area contributed by atoms with Gasteiger partial charge in [-0.1, -0.05) is 17.3 Å². The van der Waals surface area contributed by atoms with Crippen LogP contribution in [0.1, 0.15) is 11.5 Å². The highest BCUT2D eigenvalue weighted by Gasteiger charge is 2.11. The minimum absolute atomic E-state index is 0.204. The molecule has 0 radical (unpaired) electrons. The van der Waals surface area contributed by atoms with E-state index >= 15 is 0 Å². The molecule has 3 rings (SSSR count). The molecule has 3 aromatic rings. The standard InChI is InChI=1S/C14H13N3O3/c15-8-10-3-5-11(6-4-10)19-9-13-16-14(17-20-13)12-2-1-7-18-12/h1-7H,8-9,15H2. The molecular formula is C14H13N3O3. The van der Waals surface area contributed by atoms with E-state index in [0.29, 0.717) is 24.0 Å². The van der Waals surface area contributed by atoms with E-state index in [9.17, 15) is 0 Å². The molecule has 0 aliphatic heterocycles. The number of benzene rings is 1. The molecule has 0 saturated heterocycles. The smallest absolute Gasteiger partial charge is 0.264 e. The SMILES string of the molecule is NCc1ccc(OCc2nc(-c3ccco3)no2)cc1. The molecule has 6 nitrogen and oxygen atoms in total. The molecule has 0 aliphatic rings. The number of hydrogen-bond donors (Lipinski definition) is 1. The number of ether oxygens (including phenoxy) is 1. The molecule has 2 N–H and O–H groups in total. The van der Waals surface area contributed by atoms with Crippen LogP contribution >= 0.6 is 0 Å². The third-order valence-electron chi connectivity index (χ3n) is 2.73. The van der Waals surface area contributed by atoms with Crippen molar-refractivity contribution >= 4 is 0 Å². The van der Waals surface area contributed by atoms with Crippen molar-refractivity contribution in [3.05, 3.63) is 54.1 Å². The maximum absolute atomic E-state index is 5.55. The fourth-order valence-corrected chi connectivity index (χ4v) is 1.69. The van der Waals surface area contributed by atoms with Crippen LogP contribution in [0.25, 0.3) is 11.6 Å². The predicted octanol–water partition coefficient (Wildman–Crippen LogP) is 2.37. The highest BCUT2D eigenvalue weighted by molar-refractivity contribution is 5.44. The lowest BCUT2D eigenvalue weighted by Crippen LogP contribution is -1.98. The van der Waals surface area contributed by atoms with Gasteiger partial charge in [-0.05, 0) is 29.8 Å². The van der Waals surface area contributed by atoms with Crippen LogP contribution in [0.3, 0.4) is 0 Å². The van der Waals surface area contributed by atoms with E-state index in [4.69, 9.17) is 19.4 Å². The number of nitrogens with two attached hydrogens (primary N) is 1. The van der Waals surface area contributed by atoms with Gasteiger partial charge in [0.1, 0.15) is 5.75 Å². The summed E-state index contributed by atoms with van der Waals surface area (Å²) in [7, 11) is 0. The van der Waals surface area contributed by atoms with Crippen LogP contribution in [-0.4, -0.2) is 10.1 Å². The summed E-state index contributed by atoms with van der Waals surface area (Å²) >= 11 is 0. The predicted molar refractivity (Wildman–Crippen MR) is 70.7 cm³/mol. The fraction of sp³-hybridized carbons (Fsp3) is 0.143. The number of nitrogens with zero attached hydrogens (tertiary/aromatic N) is 2. The Labute approximate surface area is 115 Å². The lowest BCUT2D eigenvalue weighted by Gasteiger charge is -2.03. The first-order chi connectivity index (χ1) is 9.85. The molecule has 2 aromatic heterocycles. The molecule has 0 unspecified atom stereocenters. The lowest BCUT2D eigenvalue weighted by molar-refractivity contribution is 0.243. The van der Waals surface area contributed by atoms with Gasteiger partial charge in [0.05, 0.1) is 6.26 Å². The van der Waals surface area contributed by atoms with Gasteiger partial charge in [0.2, 0.25) is 5.82 Å². The van der Waals surface area contributed by atoms with Crippen molar-refractivity contribution in [2.45, 2.75) is 13.2 Å². The number of aromatic nitrogens is 2. The maximum Gasteiger partial charge on any atom is 0.264 e. The molecule has 0 saturated carbocycles. The monoisotopic (exact) mass is 271 g/mol. The fourth-order valence-electron chi connectivity index (χ4n) is 1.69. The van der Waals surface area contributed by atoms with Crippen LogP contribution < -0.4 is 10.5 Å². The van der Waals surface area contributed by atoms with Crippen LogP contribution in [0.2, 0.25) is 0 Å². The first kappa shape index (κ1) is 12.4. The zero-order chi connectivity index (χ0) is 13.8. The summed E-state index contributed by atoms with van der Waals surface area (Å²) in [6.07, 6.45) is 1.56. The topological polar surface area (TPSA) is 87.3 Å². The average molecular weight is 271 g/mol. The van der Waals surface area contributed by atoms with Crippen molar-refractivity contribution < 1.29 is 13.7 Å². The van der Waals surface area contributed by atoms with E-state index in [0.717, 1.165) is 11.3 Å². The van der Waals surface area contributed by atoms with Crippen LogP contribution in [0.15, 0.2) is 51.6 Å². The van der Waals surface area contributed by atoms with Gasteiger partial charge in [-0.3, -0.25) is 0 Å². The summed E-state index contributed by atoms with van der Waals surface area (Å²) in [4.78, 5) is 4.18. The third-order valence-corrected chi connectivity index (χ3v) is 2.73. The van der Waals surface area contributed by atoms with Crippen LogP contribution in [0.5, 0.6) is 5.75 Å². The van der Waals surface area contributed by atoms with Crippen molar-refractivity contribution in [2.75, 3.05) is 0 Å². The summed E-state index contributed by atoms with van der Waals surface area (Å²) in [5, 5.41) is 3.82. The largest absolute Gasteiger partial charge is 0.484 e. The Bertz CT molecular complexity index is 659. The average Bonchev–Trinajstić information content (AvgIpc) is 3.16. The maximum atomic E-state index is 5.55. The van der Waals surface area contributed by atoms with Gasteiger partial charge in [-0.15, -0.1) is 0 Å². The Morgan fingerprint density at radius 2 is 2.00 bits per heavy atom. The summed E-state index contributed by atoms with van der Waals surface area (Å²) in [5.41, 5.74) is 6.58. The van der Waals surface area contributed by atoms with Crippen molar-refractivity contribution in [3.8, 4) is 17.3 Å². The van der Waals surface area contributed by atoms with Crippen molar-refractivity contribution in [1.29, 1.82) is 0 Å². The Morgan fingerprint density at radius 3 is 2.70 bits per heavy atom. The van der Waals surface area contributed by atoms with Gasteiger partial charge < -0.3 is 19.4 Å². The zero-order valence-corrected chi connectivity index (χ0v) is 10.7. The van der Waals surface area contributed by atoms with Gasteiger partial charge in [-0.2, -0.15) is 4.98 Å². The number of hydrogen-bond acceptors (Lipinski definition) is 6. The third kappa shape index (κ3) is 2.70. The normalized spacial score (nSPS) is 10.7. The molecule has 6 heteroatoms. The van der Waals surface area contributed by atoms with E-state index in [2.05, 4.69) is 10.1 Å². The second kappa shape index (κ2) is 5.58. The minimum atomic E-state index is 0.204. The van der Waals surface area contributed by atoms with Gasteiger partial charge in [-0.25, -0.2) is 0 Å². The summed E-state index contributed by atoms with van der Waals surface area (Å²) in [5.74, 6) is 2.08. The van der Waals surface area contributed by atoms with Crippen LogP contribution in [0.4, 0.5) is 0 Å². The summed E-state index contributed by atoms with van der Waals surface area (Å²) in [6.45, 7) is 0.714. The first-order valence-corrected chi connectivity index (χ1v) is 6.13. The molecule has 0 aliphatic carbocycles. The molecule has 102 valence electrons. The minimum Gasteiger partial charge on any atom is -0.484 e. The Balaban J connectivity index is 1.63. The molecule has 0 amide bonds. The molecule has 0 atom stereocenters. The second-order valence-electron chi connectivity index (χ2n) is 4.13. The Kier molecular flexibility index (Phi) is 3.47. The quantitative estimate of drug-likeness (QED) is 0.766. The summed E-state index contributed by atoms with van der Waals surface area (Å²) in [6, 6.07) is 11.1. The second-order valence-corrected chi connectivity index (χ2v) is 4.13. The molecule has 0 fully saturated rings. The first-order valence-electron chi connectivity index (χ1n) is 6.13. The molecular weight excluding hydrogens is 258 g/mol. The van der Waals surface area contributed by atoms with Crippen molar-refractivity contribution in [1.82, 2.24) is 10.1 Å². The molecule has 0 spiro atoms. The van der Waals surface area contributed by atoms with Crippen LogP contribution in [-0.2, 0) is 13.2 Å². The highest BCUT2D eigenvalue weighted by Crippen LogP contribution is 2.17. The van der Waals surface area contributed by atoms with Gasteiger partial charge in [0, 0.05) is 6.54 Å². The van der Waals surface area contributed by atoms with E-state index in [1.807, 2.05) is 24.3 Å². The Morgan fingerprint density at radius 1 is 1.15 bits per heavy atom. The molecule has 0 bridgehead atoms. The van der Waals surface area contributed by atoms with E-state index in [1.165, 1.54) is 0 Å². The van der Waals surface area contributed by atoms with Gasteiger partial charge in [0.25, 0.3) is 5.89 Å². The molecule has 2 heterocycles. The highest BCUT2D eigenvalue weighted by atomic mass is 16.5. The van der Waals surface area contributed by atoms with Crippen LogP contribution in [0, 0.1) is 0 Å². The Hall–Kier alpha value is -2.60. The number of furan rings is 1. The molecule has 1 aromatic carbocycles. The van der Waals surface area contributed by atoms with E-state index in [1.54, 1.807) is 18.4 Å². The molecule has 20 heavy (non-hydrogen) atoms. The van der Waals surface area contributed by atoms with Crippen molar-refractivity contribution in [2.24, 2.45) is 5.73 Å².